The SMILES string of the molecule is O=C(O)c1ccc2c(c1)C(=O)C(c1ccc3cccc(O)c3n1)C2=O. The Balaban J connectivity index is 1.84. The smallest absolute Gasteiger partial charge is 0.335 e. The van der Waals surface area contributed by atoms with E-state index in [4.69, 9.17) is 5.11 Å². The summed E-state index contributed by atoms with van der Waals surface area (Å²) in [5.74, 6) is -3.23. The van der Waals surface area contributed by atoms with Crippen LogP contribution in [0.5, 0.6) is 5.75 Å². The Morgan fingerprint density at radius 2 is 1.72 bits per heavy atom. The molecular weight excluding hydrogens is 322 g/mol. The first-order chi connectivity index (χ1) is 12.0. The van der Waals surface area contributed by atoms with Gasteiger partial charge in [0.15, 0.2) is 11.6 Å². The topological polar surface area (TPSA) is 105 Å². The van der Waals surface area contributed by atoms with Crippen LogP contribution in [0.2, 0.25) is 0 Å². The molecule has 1 unspecified atom stereocenters. The van der Waals surface area contributed by atoms with E-state index in [2.05, 4.69) is 4.98 Å². The number of carboxylic acids is 1. The summed E-state index contributed by atoms with van der Waals surface area (Å²) in [5, 5.41) is 19.7. The molecule has 122 valence electrons. The van der Waals surface area contributed by atoms with E-state index in [0.29, 0.717) is 10.9 Å². The van der Waals surface area contributed by atoms with Crippen LogP contribution in [0.3, 0.4) is 0 Å². The van der Waals surface area contributed by atoms with Gasteiger partial charge in [0.25, 0.3) is 0 Å². The van der Waals surface area contributed by atoms with Crippen molar-refractivity contribution in [3.63, 3.8) is 0 Å². The number of fused-ring (bicyclic) bond motifs is 2. The summed E-state index contributed by atoms with van der Waals surface area (Å²) in [5.41, 5.74) is 0.776. The van der Waals surface area contributed by atoms with Gasteiger partial charge in [0.05, 0.1) is 11.3 Å². The van der Waals surface area contributed by atoms with Gasteiger partial charge in [0.2, 0.25) is 0 Å². The lowest BCUT2D eigenvalue weighted by atomic mass is 9.98. The molecule has 1 aromatic heterocycles. The van der Waals surface area contributed by atoms with Gasteiger partial charge in [-0.25, -0.2) is 9.78 Å². The molecule has 0 saturated heterocycles. The molecule has 0 amide bonds. The number of aromatic nitrogens is 1. The predicted molar refractivity (Wildman–Crippen MR) is 88.2 cm³/mol. The van der Waals surface area contributed by atoms with E-state index < -0.39 is 23.5 Å². The van der Waals surface area contributed by atoms with Crippen LogP contribution in [0, 0.1) is 0 Å². The first-order valence-corrected chi connectivity index (χ1v) is 7.52. The van der Waals surface area contributed by atoms with Gasteiger partial charge in [-0.15, -0.1) is 0 Å². The molecule has 1 heterocycles. The number of hydrogen-bond donors (Lipinski definition) is 2. The number of benzene rings is 2. The lowest BCUT2D eigenvalue weighted by Crippen LogP contribution is -2.14. The number of carbonyl (C=O) groups is 3. The Hall–Kier alpha value is -3.54. The van der Waals surface area contributed by atoms with Crippen LogP contribution in [0.4, 0.5) is 0 Å². The highest BCUT2D eigenvalue weighted by Gasteiger charge is 2.41. The van der Waals surface area contributed by atoms with E-state index in [1.165, 1.54) is 24.3 Å². The van der Waals surface area contributed by atoms with E-state index in [1.807, 2.05) is 0 Å². The maximum absolute atomic E-state index is 12.7. The van der Waals surface area contributed by atoms with Crippen LogP contribution in [0.1, 0.15) is 42.7 Å². The Bertz CT molecular complexity index is 1090. The van der Waals surface area contributed by atoms with E-state index in [-0.39, 0.29) is 28.1 Å². The summed E-state index contributed by atoms with van der Waals surface area (Å²) in [6.07, 6.45) is 0. The Morgan fingerprint density at radius 3 is 2.48 bits per heavy atom. The van der Waals surface area contributed by atoms with Gasteiger partial charge in [0.1, 0.15) is 17.2 Å². The van der Waals surface area contributed by atoms with Gasteiger partial charge in [-0.05, 0) is 30.3 Å². The van der Waals surface area contributed by atoms with E-state index >= 15 is 0 Å². The van der Waals surface area contributed by atoms with Crippen LogP contribution < -0.4 is 0 Å². The maximum atomic E-state index is 12.7. The van der Waals surface area contributed by atoms with Crippen molar-refractivity contribution in [1.29, 1.82) is 0 Å². The third kappa shape index (κ3) is 2.19. The molecule has 1 aliphatic rings. The monoisotopic (exact) mass is 333 g/mol. The first kappa shape index (κ1) is 15.0. The summed E-state index contributed by atoms with van der Waals surface area (Å²) >= 11 is 0. The van der Waals surface area contributed by atoms with Crippen LogP contribution in [0.25, 0.3) is 10.9 Å². The van der Waals surface area contributed by atoms with Crippen molar-refractivity contribution in [2.45, 2.75) is 5.92 Å². The van der Waals surface area contributed by atoms with Crippen molar-refractivity contribution in [1.82, 2.24) is 4.98 Å². The zero-order chi connectivity index (χ0) is 17.7. The molecule has 0 fully saturated rings. The van der Waals surface area contributed by atoms with Gasteiger partial charge in [-0.3, -0.25) is 9.59 Å². The lowest BCUT2D eigenvalue weighted by Gasteiger charge is -2.08. The molecule has 0 bridgehead atoms. The molecule has 0 radical (unpaired) electrons. The molecule has 3 aromatic rings. The quantitative estimate of drug-likeness (QED) is 0.699. The largest absolute Gasteiger partial charge is 0.506 e. The van der Waals surface area contributed by atoms with E-state index in [1.54, 1.807) is 24.3 Å². The molecule has 0 saturated carbocycles. The number of rotatable bonds is 2. The second-order valence-corrected chi connectivity index (χ2v) is 5.81. The average molecular weight is 333 g/mol. The Morgan fingerprint density at radius 1 is 0.960 bits per heavy atom. The summed E-state index contributed by atoms with van der Waals surface area (Å²) in [4.78, 5) is 40.7. The van der Waals surface area contributed by atoms with E-state index in [9.17, 15) is 19.5 Å². The van der Waals surface area contributed by atoms with Crippen molar-refractivity contribution in [2.24, 2.45) is 0 Å². The standard InChI is InChI=1S/C19H11NO5/c21-14-3-1-2-9-5-7-13(20-16(9)14)15-17(22)11-6-4-10(19(24)25)8-12(11)18(15)23/h1-8,15,21H,(H,24,25). The zero-order valence-electron chi connectivity index (χ0n) is 12.8. The number of nitrogens with zero attached hydrogens (tertiary/aromatic N) is 1. The minimum absolute atomic E-state index is 0.0390. The predicted octanol–water partition coefficient (Wildman–Crippen LogP) is 2.80. The molecule has 4 rings (SSSR count). The third-order valence-electron chi connectivity index (χ3n) is 4.34. The molecule has 1 atom stereocenters. The highest BCUT2D eigenvalue weighted by Crippen LogP contribution is 2.35. The fourth-order valence-corrected chi connectivity index (χ4v) is 3.10. The highest BCUT2D eigenvalue weighted by molar-refractivity contribution is 6.30. The summed E-state index contributed by atoms with van der Waals surface area (Å²) < 4.78 is 0. The molecule has 6 nitrogen and oxygen atoms in total. The number of ketones is 2. The van der Waals surface area contributed by atoms with Crippen molar-refractivity contribution >= 4 is 28.4 Å². The van der Waals surface area contributed by atoms with Gasteiger partial charge in [0, 0.05) is 16.5 Å². The number of carbonyl (C=O) groups excluding carboxylic acids is 2. The zero-order valence-corrected chi connectivity index (χ0v) is 12.8. The average Bonchev–Trinajstić information content (AvgIpc) is 2.86. The number of Topliss-reactive ketones (excluding diaryl/α,β-unsaturated/α-hetero) is 2. The molecule has 25 heavy (non-hydrogen) atoms. The first-order valence-electron chi connectivity index (χ1n) is 7.52. The second-order valence-electron chi connectivity index (χ2n) is 5.81. The Kier molecular flexibility index (Phi) is 3.15. The van der Waals surface area contributed by atoms with Crippen LogP contribution in [-0.2, 0) is 0 Å². The van der Waals surface area contributed by atoms with Crippen LogP contribution >= 0.6 is 0 Å². The number of phenolic OH excluding ortho intramolecular Hbond substituents is 1. The number of hydrogen-bond acceptors (Lipinski definition) is 5. The fraction of sp³-hybridized carbons (Fsp3) is 0.0526. The number of carboxylic acid groups (broad SMARTS) is 1. The molecule has 2 N–H and O–H groups in total. The molecular formula is C19H11NO5. The van der Waals surface area contributed by atoms with Crippen LogP contribution in [0.15, 0.2) is 48.5 Å². The third-order valence-corrected chi connectivity index (χ3v) is 4.34. The number of pyridine rings is 1. The van der Waals surface area contributed by atoms with Crippen molar-refractivity contribution in [3.05, 3.63) is 70.9 Å². The van der Waals surface area contributed by atoms with Crippen molar-refractivity contribution in [3.8, 4) is 5.75 Å². The second kappa shape index (κ2) is 5.24. The number of aromatic carboxylic acids is 1. The van der Waals surface area contributed by atoms with Crippen LogP contribution in [-0.4, -0.2) is 32.7 Å². The minimum Gasteiger partial charge on any atom is -0.506 e. The normalized spacial score (nSPS) is 16.2. The summed E-state index contributed by atoms with van der Waals surface area (Å²) in [7, 11) is 0. The molecule has 6 heteroatoms. The van der Waals surface area contributed by atoms with E-state index in [0.717, 1.165) is 0 Å². The lowest BCUT2D eigenvalue weighted by molar-refractivity contribution is 0.0696. The van der Waals surface area contributed by atoms with Gasteiger partial charge in [-0.1, -0.05) is 18.2 Å². The number of para-hydroxylation sites is 1. The highest BCUT2D eigenvalue weighted by atomic mass is 16.4. The summed E-state index contributed by atoms with van der Waals surface area (Å²) in [6.45, 7) is 0. The fourth-order valence-electron chi connectivity index (χ4n) is 3.10. The summed E-state index contributed by atoms with van der Waals surface area (Å²) in [6, 6.07) is 12.1. The van der Waals surface area contributed by atoms with Gasteiger partial charge >= 0.3 is 5.97 Å². The Labute approximate surface area is 141 Å². The maximum Gasteiger partial charge on any atom is 0.335 e. The minimum atomic E-state index is -1.17. The molecule has 2 aromatic carbocycles. The van der Waals surface area contributed by atoms with Gasteiger partial charge < -0.3 is 10.2 Å². The van der Waals surface area contributed by atoms with Crippen molar-refractivity contribution in [2.75, 3.05) is 0 Å². The van der Waals surface area contributed by atoms with Crippen molar-refractivity contribution < 1.29 is 24.6 Å². The number of aromatic hydroxyl groups is 1. The van der Waals surface area contributed by atoms with Gasteiger partial charge in [-0.2, -0.15) is 0 Å². The molecule has 1 aliphatic carbocycles. The molecule has 0 spiro atoms. The number of phenols is 1. The molecule has 0 aliphatic heterocycles.